The topological polar surface area (TPSA) is 9.23 Å². The average molecular weight is 428 g/mol. The van der Waals surface area contributed by atoms with E-state index in [-0.39, 0.29) is 22.7 Å². The van der Waals surface area contributed by atoms with Crippen LogP contribution >= 0.6 is 0 Å². The number of halogens is 4. The Labute approximate surface area is 179 Å². The number of benzene rings is 3. The van der Waals surface area contributed by atoms with Crippen molar-refractivity contribution in [2.24, 2.45) is 0 Å². The molecule has 0 saturated heterocycles. The molecule has 1 atom stereocenters. The third kappa shape index (κ3) is 4.60. The lowest BCUT2D eigenvalue weighted by molar-refractivity contribution is 0.167. The smallest absolute Gasteiger partial charge is 0.165 e. The van der Waals surface area contributed by atoms with Crippen LogP contribution in [0.2, 0.25) is 0 Å². The van der Waals surface area contributed by atoms with Crippen LogP contribution in [-0.2, 0) is 12.8 Å². The van der Waals surface area contributed by atoms with Crippen LogP contribution < -0.4 is 4.74 Å². The van der Waals surface area contributed by atoms with E-state index < -0.39 is 23.6 Å². The Kier molecular flexibility index (Phi) is 6.30. The summed E-state index contributed by atoms with van der Waals surface area (Å²) in [6.07, 6.45) is 4.88. The summed E-state index contributed by atoms with van der Waals surface area (Å²) in [7, 11) is 0. The molecule has 0 saturated carbocycles. The van der Waals surface area contributed by atoms with Gasteiger partial charge in [0.05, 0.1) is 0 Å². The molecule has 1 aliphatic heterocycles. The molecule has 4 rings (SSSR count). The first kappa shape index (κ1) is 21.4. The van der Waals surface area contributed by atoms with E-state index in [2.05, 4.69) is 6.92 Å². The molecule has 1 nitrogen and oxygen atoms in total. The molecular formula is C26H24F4O. The fraction of sp³-hybridized carbons (Fsp3) is 0.308. The van der Waals surface area contributed by atoms with Crippen molar-refractivity contribution < 1.29 is 22.3 Å². The monoisotopic (exact) mass is 428 g/mol. The lowest BCUT2D eigenvalue weighted by atomic mass is 9.93. The molecule has 3 aromatic rings. The van der Waals surface area contributed by atoms with Gasteiger partial charge in [-0.25, -0.2) is 17.6 Å². The van der Waals surface area contributed by atoms with E-state index >= 15 is 0 Å². The molecule has 162 valence electrons. The third-order valence-electron chi connectivity index (χ3n) is 5.78. The summed E-state index contributed by atoms with van der Waals surface area (Å²) in [6.45, 7) is 2.13. The second-order valence-electron chi connectivity index (χ2n) is 8.04. The van der Waals surface area contributed by atoms with Crippen molar-refractivity contribution in [1.29, 1.82) is 0 Å². The van der Waals surface area contributed by atoms with Crippen molar-refractivity contribution in [1.82, 2.24) is 0 Å². The van der Waals surface area contributed by atoms with Gasteiger partial charge in [0.1, 0.15) is 11.9 Å². The lowest BCUT2D eigenvalue weighted by Gasteiger charge is -2.27. The highest BCUT2D eigenvalue weighted by Gasteiger charge is 2.25. The first-order chi connectivity index (χ1) is 15.0. The normalized spacial score (nSPS) is 15.5. The number of ether oxygens (including phenoxy) is 1. The predicted molar refractivity (Wildman–Crippen MR) is 113 cm³/mol. The largest absolute Gasteiger partial charge is 0.482 e. The molecule has 0 aliphatic carbocycles. The molecular weight excluding hydrogens is 404 g/mol. The summed E-state index contributed by atoms with van der Waals surface area (Å²) in [5, 5.41) is 0. The van der Waals surface area contributed by atoms with Gasteiger partial charge >= 0.3 is 0 Å². The molecule has 0 amide bonds. The van der Waals surface area contributed by atoms with Crippen molar-refractivity contribution >= 4 is 0 Å². The quantitative estimate of drug-likeness (QED) is 0.289. The molecule has 0 N–H and O–H groups in total. The zero-order valence-electron chi connectivity index (χ0n) is 17.4. The molecule has 1 heterocycles. The van der Waals surface area contributed by atoms with Crippen LogP contribution in [0.15, 0.2) is 48.5 Å². The van der Waals surface area contributed by atoms with E-state index in [1.54, 1.807) is 6.07 Å². The molecule has 5 heteroatoms. The number of hydrogen-bond acceptors (Lipinski definition) is 1. The highest BCUT2D eigenvalue weighted by atomic mass is 19.2. The Morgan fingerprint density at radius 1 is 0.839 bits per heavy atom. The fourth-order valence-corrected chi connectivity index (χ4v) is 4.11. The van der Waals surface area contributed by atoms with Crippen LogP contribution in [0.4, 0.5) is 17.6 Å². The van der Waals surface area contributed by atoms with Crippen LogP contribution in [0.5, 0.6) is 5.75 Å². The van der Waals surface area contributed by atoms with E-state index in [9.17, 15) is 17.6 Å². The van der Waals surface area contributed by atoms with Gasteiger partial charge in [0.25, 0.3) is 0 Å². The highest BCUT2D eigenvalue weighted by Crippen LogP contribution is 2.38. The molecule has 31 heavy (non-hydrogen) atoms. The SMILES string of the molecule is CCCCCc1cc(F)c2c(c1)CCC(c1ccc(-c3ccc(F)c(F)c3)c(F)c1)O2. The molecule has 1 aliphatic rings. The van der Waals surface area contributed by atoms with E-state index in [0.29, 0.717) is 18.4 Å². The maximum atomic E-state index is 14.8. The Morgan fingerprint density at radius 2 is 1.68 bits per heavy atom. The zero-order chi connectivity index (χ0) is 22.0. The van der Waals surface area contributed by atoms with Crippen molar-refractivity contribution in [3.63, 3.8) is 0 Å². The Morgan fingerprint density at radius 3 is 2.42 bits per heavy atom. The van der Waals surface area contributed by atoms with Gasteiger partial charge in [0.15, 0.2) is 23.2 Å². The van der Waals surface area contributed by atoms with E-state index in [4.69, 9.17) is 4.74 Å². The van der Waals surface area contributed by atoms with Gasteiger partial charge in [-0.1, -0.05) is 44.0 Å². The van der Waals surface area contributed by atoms with Crippen LogP contribution in [0, 0.1) is 23.3 Å². The van der Waals surface area contributed by atoms with Crippen molar-refractivity contribution in [3.05, 3.63) is 88.5 Å². The highest BCUT2D eigenvalue weighted by molar-refractivity contribution is 5.64. The van der Waals surface area contributed by atoms with Crippen molar-refractivity contribution in [2.75, 3.05) is 0 Å². The van der Waals surface area contributed by atoms with Crippen LogP contribution in [0.3, 0.4) is 0 Å². The summed E-state index contributed by atoms with van der Waals surface area (Å²) in [4.78, 5) is 0. The molecule has 0 aromatic heterocycles. The van der Waals surface area contributed by atoms with Gasteiger partial charge in [0, 0.05) is 5.56 Å². The molecule has 3 aromatic carbocycles. The fourth-order valence-electron chi connectivity index (χ4n) is 4.11. The Balaban J connectivity index is 1.54. The Hall–Kier alpha value is -2.82. The zero-order valence-corrected chi connectivity index (χ0v) is 17.4. The van der Waals surface area contributed by atoms with Crippen molar-refractivity contribution in [3.8, 4) is 16.9 Å². The van der Waals surface area contributed by atoms with Gasteiger partial charge in [-0.3, -0.25) is 0 Å². The van der Waals surface area contributed by atoms with Gasteiger partial charge in [-0.15, -0.1) is 0 Å². The molecule has 0 bridgehead atoms. The number of rotatable bonds is 6. The third-order valence-corrected chi connectivity index (χ3v) is 5.78. The van der Waals surface area contributed by atoms with Gasteiger partial charge in [-0.2, -0.15) is 0 Å². The molecule has 1 unspecified atom stereocenters. The summed E-state index contributed by atoms with van der Waals surface area (Å²) >= 11 is 0. The molecule has 0 fully saturated rings. The predicted octanol–water partition coefficient (Wildman–Crippen LogP) is 7.71. The average Bonchev–Trinajstić information content (AvgIpc) is 2.76. The maximum Gasteiger partial charge on any atom is 0.165 e. The maximum absolute atomic E-state index is 14.8. The summed E-state index contributed by atoms with van der Waals surface area (Å²) in [6, 6.07) is 11.3. The number of unbranched alkanes of at least 4 members (excludes halogenated alkanes) is 2. The first-order valence-corrected chi connectivity index (χ1v) is 10.7. The van der Waals surface area contributed by atoms with E-state index in [1.165, 1.54) is 24.3 Å². The molecule has 0 spiro atoms. The Bertz CT molecular complexity index is 1090. The first-order valence-electron chi connectivity index (χ1n) is 10.7. The summed E-state index contributed by atoms with van der Waals surface area (Å²) in [5.74, 6) is -2.72. The van der Waals surface area contributed by atoms with Crippen LogP contribution in [-0.4, -0.2) is 0 Å². The summed E-state index contributed by atoms with van der Waals surface area (Å²) in [5.41, 5.74) is 2.83. The van der Waals surface area contributed by atoms with Crippen LogP contribution in [0.25, 0.3) is 11.1 Å². The minimum absolute atomic E-state index is 0.168. The number of fused-ring (bicyclic) bond motifs is 1. The lowest BCUT2D eigenvalue weighted by Crippen LogP contribution is -2.17. The second-order valence-corrected chi connectivity index (χ2v) is 8.04. The van der Waals surface area contributed by atoms with Crippen LogP contribution in [0.1, 0.15) is 55.4 Å². The minimum atomic E-state index is -1.03. The number of aryl methyl sites for hydroxylation is 2. The van der Waals surface area contributed by atoms with E-state index in [1.807, 2.05) is 6.07 Å². The second kappa shape index (κ2) is 9.13. The number of hydrogen-bond donors (Lipinski definition) is 0. The van der Waals surface area contributed by atoms with Crippen molar-refractivity contribution in [2.45, 2.75) is 51.6 Å². The van der Waals surface area contributed by atoms with Gasteiger partial charge < -0.3 is 4.74 Å². The van der Waals surface area contributed by atoms with Gasteiger partial charge in [-0.05, 0) is 72.2 Å². The standard InChI is InChI=1S/C26H24F4O/c1-2-3-4-5-16-12-19-8-11-25(31-26(19)24(30)13-16)18-6-9-20(22(28)15-18)17-7-10-21(27)23(29)14-17/h6-7,9-10,12-15,25H,2-5,8,11H2,1H3. The minimum Gasteiger partial charge on any atom is -0.482 e. The van der Waals surface area contributed by atoms with Gasteiger partial charge in [0.2, 0.25) is 0 Å². The molecule has 0 radical (unpaired) electrons. The van der Waals surface area contributed by atoms with E-state index in [0.717, 1.165) is 48.9 Å². The summed E-state index contributed by atoms with van der Waals surface area (Å²) < 4.78 is 62.0.